The first kappa shape index (κ1) is 13.2. The maximum absolute atomic E-state index is 11.6. The second-order valence-electron chi connectivity index (χ2n) is 3.14. The van der Waals surface area contributed by atoms with Crippen molar-refractivity contribution in [3.63, 3.8) is 0 Å². The topological polar surface area (TPSA) is 48.4 Å². The highest BCUT2D eigenvalue weighted by Gasteiger charge is 2.16. The van der Waals surface area contributed by atoms with E-state index >= 15 is 0 Å². The summed E-state index contributed by atoms with van der Waals surface area (Å²) < 4.78 is 9.91. The van der Waals surface area contributed by atoms with E-state index in [4.69, 9.17) is 32.7 Å². The molecule has 0 aliphatic rings. The van der Waals surface area contributed by atoms with Crippen LogP contribution in [-0.4, -0.2) is 30.8 Å². The first-order chi connectivity index (χ1) is 7.54. The van der Waals surface area contributed by atoms with E-state index in [1.807, 2.05) is 0 Å². The highest BCUT2D eigenvalue weighted by atomic mass is 35.5. The Morgan fingerprint density at radius 3 is 2.75 bits per heavy atom. The molecule has 0 aliphatic carbocycles. The van der Waals surface area contributed by atoms with Gasteiger partial charge in [-0.2, -0.15) is 0 Å². The molecule has 0 spiro atoms. The van der Waals surface area contributed by atoms with Crippen LogP contribution in [0.4, 0.5) is 0 Å². The quantitative estimate of drug-likeness (QED) is 0.619. The van der Waals surface area contributed by atoms with Crippen LogP contribution in [0.5, 0.6) is 0 Å². The lowest BCUT2D eigenvalue weighted by molar-refractivity contribution is 0.0120. The average Bonchev–Trinajstić information content (AvgIpc) is 2.17. The Morgan fingerprint density at radius 1 is 1.50 bits per heavy atom. The van der Waals surface area contributed by atoms with Crippen molar-refractivity contribution >= 4 is 29.2 Å². The zero-order chi connectivity index (χ0) is 12.1. The molecule has 0 aromatic carbocycles. The molecule has 1 unspecified atom stereocenters. The Kier molecular flexibility index (Phi) is 4.99. The minimum atomic E-state index is -0.543. The summed E-state index contributed by atoms with van der Waals surface area (Å²) in [6.45, 7) is 2.04. The van der Waals surface area contributed by atoms with Crippen LogP contribution in [0.15, 0.2) is 12.1 Å². The zero-order valence-electron chi connectivity index (χ0n) is 8.87. The summed E-state index contributed by atoms with van der Waals surface area (Å²) in [5, 5.41) is 0.258. The molecule has 1 heterocycles. The molecule has 0 radical (unpaired) electrons. The van der Waals surface area contributed by atoms with Gasteiger partial charge < -0.3 is 9.47 Å². The minimum absolute atomic E-state index is 0.0297. The van der Waals surface area contributed by atoms with Crippen molar-refractivity contribution in [1.82, 2.24) is 4.98 Å². The largest absolute Gasteiger partial charge is 0.457 e. The van der Waals surface area contributed by atoms with E-state index in [1.165, 1.54) is 19.2 Å². The van der Waals surface area contributed by atoms with Crippen LogP contribution in [0.2, 0.25) is 10.3 Å². The van der Waals surface area contributed by atoms with Gasteiger partial charge in [-0.3, -0.25) is 0 Å². The van der Waals surface area contributed by atoms with Gasteiger partial charge in [0.05, 0.1) is 12.2 Å². The van der Waals surface area contributed by atoms with Crippen molar-refractivity contribution in [2.45, 2.75) is 13.0 Å². The molecule has 88 valence electrons. The summed E-state index contributed by atoms with van der Waals surface area (Å²) in [7, 11) is 1.53. The van der Waals surface area contributed by atoms with Crippen molar-refractivity contribution in [2.75, 3.05) is 13.7 Å². The number of esters is 1. The van der Waals surface area contributed by atoms with Gasteiger partial charge in [0.2, 0.25) is 0 Å². The average molecular weight is 264 g/mol. The number of carbonyl (C=O) groups is 1. The van der Waals surface area contributed by atoms with E-state index in [0.29, 0.717) is 6.61 Å². The van der Waals surface area contributed by atoms with Crippen LogP contribution in [-0.2, 0) is 9.47 Å². The Labute approximate surface area is 103 Å². The molecule has 1 aromatic heterocycles. The SMILES string of the molecule is COCC(C)OC(=O)c1ccc(Cl)nc1Cl. The van der Waals surface area contributed by atoms with Crippen molar-refractivity contribution in [2.24, 2.45) is 0 Å². The lowest BCUT2D eigenvalue weighted by atomic mass is 10.3. The fourth-order valence-electron chi connectivity index (χ4n) is 1.08. The summed E-state index contributed by atoms with van der Waals surface area (Å²) in [5.74, 6) is -0.543. The molecule has 1 aromatic rings. The number of pyridine rings is 1. The molecule has 0 amide bonds. The zero-order valence-corrected chi connectivity index (χ0v) is 10.4. The highest BCUT2D eigenvalue weighted by molar-refractivity contribution is 6.34. The van der Waals surface area contributed by atoms with Gasteiger partial charge >= 0.3 is 5.97 Å². The number of nitrogens with zero attached hydrogens (tertiary/aromatic N) is 1. The molecule has 0 bridgehead atoms. The van der Waals surface area contributed by atoms with E-state index in [0.717, 1.165) is 0 Å². The van der Waals surface area contributed by atoms with Gasteiger partial charge in [-0.1, -0.05) is 23.2 Å². The molecule has 0 N–H and O–H groups in total. The fourth-order valence-corrected chi connectivity index (χ4v) is 1.50. The van der Waals surface area contributed by atoms with Crippen LogP contribution in [0.25, 0.3) is 0 Å². The Balaban J connectivity index is 2.73. The lowest BCUT2D eigenvalue weighted by Crippen LogP contribution is -2.20. The number of rotatable bonds is 4. The Morgan fingerprint density at radius 2 is 2.19 bits per heavy atom. The summed E-state index contributed by atoms with van der Waals surface area (Å²) in [4.78, 5) is 15.4. The maximum Gasteiger partial charge on any atom is 0.341 e. The third-order valence-corrected chi connectivity index (χ3v) is 2.24. The number of aromatic nitrogens is 1. The summed E-state index contributed by atoms with van der Waals surface area (Å²) in [6, 6.07) is 2.95. The molecule has 0 fully saturated rings. The van der Waals surface area contributed by atoms with Crippen LogP contribution < -0.4 is 0 Å². The predicted molar refractivity (Wildman–Crippen MR) is 61.0 cm³/mol. The summed E-state index contributed by atoms with van der Waals surface area (Å²) in [5.41, 5.74) is 0.189. The van der Waals surface area contributed by atoms with E-state index in [9.17, 15) is 4.79 Å². The summed E-state index contributed by atoms with van der Waals surface area (Å²) in [6.07, 6.45) is -0.343. The molecule has 16 heavy (non-hydrogen) atoms. The van der Waals surface area contributed by atoms with Crippen LogP contribution in [0.3, 0.4) is 0 Å². The van der Waals surface area contributed by atoms with Crippen LogP contribution in [0.1, 0.15) is 17.3 Å². The molecule has 6 heteroatoms. The first-order valence-corrected chi connectivity index (χ1v) is 5.32. The first-order valence-electron chi connectivity index (χ1n) is 4.56. The molecule has 0 saturated carbocycles. The lowest BCUT2D eigenvalue weighted by Gasteiger charge is -2.12. The van der Waals surface area contributed by atoms with Gasteiger partial charge in [-0.15, -0.1) is 0 Å². The molecule has 1 rings (SSSR count). The molecule has 1 atom stereocenters. The second kappa shape index (κ2) is 6.03. The normalized spacial score (nSPS) is 12.2. The smallest absolute Gasteiger partial charge is 0.341 e. The van der Waals surface area contributed by atoms with Gasteiger partial charge in [0, 0.05) is 7.11 Å². The number of ether oxygens (including phenoxy) is 2. The monoisotopic (exact) mass is 263 g/mol. The third-order valence-electron chi connectivity index (χ3n) is 1.74. The van der Waals surface area contributed by atoms with Crippen molar-refractivity contribution in [3.8, 4) is 0 Å². The van der Waals surface area contributed by atoms with Gasteiger partial charge in [0.1, 0.15) is 16.4 Å². The second-order valence-corrected chi connectivity index (χ2v) is 3.89. The van der Waals surface area contributed by atoms with Gasteiger partial charge in [0.15, 0.2) is 0 Å². The van der Waals surface area contributed by atoms with Crippen LogP contribution in [0, 0.1) is 0 Å². The Bertz CT molecular complexity index is 384. The van der Waals surface area contributed by atoms with Gasteiger partial charge in [0.25, 0.3) is 0 Å². The van der Waals surface area contributed by atoms with Crippen LogP contribution >= 0.6 is 23.2 Å². The number of methoxy groups -OCH3 is 1. The minimum Gasteiger partial charge on any atom is -0.457 e. The summed E-state index contributed by atoms with van der Waals surface area (Å²) >= 11 is 11.4. The molecule has 0 saturated heterocycles. The number of hydrogen-bond acceptors (Lipinski definition) is 4. The third kappa shape index (κ3) is 3.63. The molecular weight excluding hydrogens is 253 g/mol. The fraction of sp³-hybridized carbons (Fsp3) is 0.400. The molecule has 4 nitrogen and oxygen atoms in total. The highest BCUT2D eigenvalue weighted by Crippen LogP contribution is 2.17. The molecular formula is C10H11Cl2NO3. The Hall–Kier alpha value is -0.840. The number of halogens is 2. The van der Waals surface area contributed by atoms with E-state index < -0.39 is 5.97 Å². The predicted octanol–water partition coefficient (Wildman–Crippen LogP) is 2.58. The van der Waals surface area contributed by atoms with Crippen molar-refractivity contribution in [3.05, 3.63) is 28.0 Å². The number of hydrogen-bond donors (Lipinski definition) is 0. The van der Waals surface area contributed by atoms with E-state index in [-0.39, 0.29) is 22.0 Å². The van der Waals surface area contributed by atoms with Crippen molar-refractivity contribution < 1.29 is 14.3 Å². The standard InChI is InChI=1S/C10H11Cl2NO3/c1-6(5-15-2)16-10(14)7-3-4-8(11)13-9(7)12/h3-4,6H,5H2,1-2H3. The van der Waals surface area contributed by atoms with Crippen molar-refractivity contribution in [1.29, 1.82) is 0 Å². The molecule has 0 aliphatic heterocycles. The van der Waals surface area contributed by atoms with E-state index in [1.54, 1.807) is 6.92 Å². The van der Waals surface area contributed by atoms with Gasteiger partial charge in [-0.25, -0.2) is 9.78 Å². The number of carbonyl (C=O) groups excluding carboxylic acids is 1. The van der Waals surface area contributed by atoms with E-state index in [2.05, 4.69) is 4.98 Å². The maximum atomic E-state index is 11.6. The van der Waals surface area contributed by atoms with Gasteiger partial charge in [-0.05, 0) is 19.1 Å².